The lowest BCUT2D eigenvalue weighted by Gasteiger charge is -2.07. The highest BCUT2D eigenvalue weighted by Crippen LogP contribution is 2.21. The average Bonchev–Trinajstić information content (AvgIpc) is 2.34. The minimum Gasteiger partial charge on any atom is -0.295 e. The zero-order chi connectivity index (χ0) is 12.5. The molecule has 0 fully saturated rings. The van der Waals surface area contributed by atoms with Crippen LogP contribution in [0.25, 0.3) is 5.57 Å². The number of hydrogen-bond donors (Lipinski definition) is 0. The van der Waals surface area contributed by atoms with Gasteiger partial charge in [-0.1, -0.05) is 56.5 Å². The van der Waals surface area contributed by atoms with E-state index < -0.39 is 0 Å². The molecule has 0 aliphatic heterocycles. The van der Waals surface area contributed by atoms with Gasteiger partial charge >= 0.3 is 0 Å². The van der Waals surface area contributed by atoms with Gasteiger partial charge in [-0.25, -0.2) is 0 Å². The van der Waals surface area contributed by atoms with Gasteiger partial charge in [-0.2, -0.15) is 0 Å². The lowest BCUT2D eigenvalue weighted by Crippen LogP contribution is -1.90. The summed E-state index contributed by atoms with van der Waals surface area (Å²) in [6.07, 6.45) is 7.73. The van der Waals surface area contributed by atoms with Crippen molar-refractivity contribution < 1.29 is 4.79 Å². The SMILES string of the molecule is CCCCCC/C(=C/C(C)=O)c1ccccc1. The normalized spacial score (nSPS) is 11.5. The second-order valence-corrected chi connectivity index (χ2v) is 4.46. The smallest absolute Gasteiger partial charge is 0.152 e. The fraction of sp³-hybridized carbons (Fsp3) is 0.438. The lowest BCUT2D eigenvalue weighted by atomic mass is 9.98. The Balaban J connectivity index is 2.66. The quantitative estimate of drug-likeness (QED) is 0.493. The minimum absolute atomic E-state index is 0.138. The highest BCUT2D eigenvalue weighted by Gasteiger charge is 2.02. The molecule has 0 radical (unpaired) electrons. The van der Waals surface area contributed by atoms with Crippen molar-refractivity contribution in [2.45, 2.75) is 46.0 Å². The Morgan fingerprint density at radius 1 is 1.12 bits per heavy atom. The molecule has 92 valence electrons. The highest BCUT2D eigenvalue weighted by atomic mass is 16.1. The molecule has 0 saturated carbocycles. The zero-order valence-corrected chi connectivity index (χ0v) is 10.9. The van der Waals surface area contributed by atoms with Crippen molar-refractivity contribution in [1.29, 1.82) is 0 Å². The molecule has 0 atom stereocenters. The molecule has 0 spiro atoms. The summed E-state index contributed by atoms with van der Waals surface area (Å²) in [4.78, 5) is 11.2. The maximum Gasteiger partial charge on any atom is 0.152 e. The molecule has 0 aliphatic carbocycles. The molecule has 1 aromatic carbocycles. The van der Waals surface area contributed by atoms with E-state index in [1.54, 1.807) is 13.0 Å². The standard InChI is InChI=1S/C16H22O/c1-3-4-5-7-12-16(13-14(2)17)15-10-8-6-9-11-15/h6,8-11,13H,3-5,7,12H2,1-2H3/b16-13-. The van der Waals surface area contributed by atoms with Crippen LogP contribution in [0.5, 0.6) is 0 Å². The van der Waals surface area contributed by atoms with Crippen molar-refractivity contribution in [3.05, 3.63) is 42.0 Å². The van der Waals surface area contributed by atoms with Crippen molar-refractivity contribution >= 4 is 11.4 Å². The number of rotatable bonds is 7. The number of unbranched alkanes of at least 4 members (excludes halogenated alkanes) is 3. The van der Waals surface area contributed by atoms with Crippen LogP contribution in [0.3, 0.4) is 0 Å². The predicted molar refractivity (Wildman–Crippen MR) is 73.9 cm³/mol. The Bertz CT molecular complexity index is 362. The van der Waals surface area contributed by atoms with Crippen LogP contribution in [0.15, 0.2) is 36.4 Å². The number of hydrogen-bond acceptors (Lipinski definition) is 1. The summed E-state index contributed by atoms with van der Waals surface area (Å²) < 4.78 is 0. The first-order valence-electron chi connectivity index (χ1n) is 6.50. The van der Waals surface area contributed by atoms with Gasteiger partial charge in [0.25, 0.3) is 0 Å². The van der Waals surface area contributed by atoms with E-state index in [1.165, 1.54) is 36.8 Å². The van der Waals surface area contributed by atoms with E-state index in [9.17, 15) is 4.79 Å². The van der Waals surface area contributed by atoms with Gasteiger partial charge in [0.05, 0.1) is 0 Å². The lowest BCUT2D eigenvalue weighted by molar-refractivity contribution is -0.112. The number of allylic oxidation sites excluding steroid dienone is 2. The topological polar surface area (TPSA) is 17.1 Å². The fourth-order valence-corrected chi connectivity index (χ4v) is 1.94. The van der Waals surface area contributed by atoms with Gasteiger partial charge in [0.1, 0.15) is 0 Å². The van der Waals surface area contributed by atoms with E-state index in [2.05, 4.69) is 19.1 Å². The van der Waals surface area contributed by atoms with Crippen molar-refractivity contribution in [2.75, 3.05) is 0 Å². The van der Waals surface area contributed by atoms with E-state index in [0.29, 0.717) is 0 Å². The second-order valence-electron chi connectivity index (χ2n) is 4.46. The van der Waals surface area contributed by atoms with Crippen LogP contribution in [-0.4, -0.2) is 5.78 Å². The maximum atomic E-state index is 11.2. The Morgan fingerprint density at radius 3 is 2.41 bits per heavy atom. The third-order valence-corrected chi connectivity index (χ3v) is 2.82. The van der Waals surface area contributed by atoms with E-state index in [4.69, 9.17) is 0 Å². The summed E-state index contributed by atoms with van der Waals surface area (Å²) in [5.41, 5.74) is 2.36. The first-order chi connectivity index (χ1) is 8.24. The number of ketones is 1. The molecule has 0 amide bonds. The molecule has 0 aliphatic rings. The first kappa shape index (κ1) is 13.7. The molecule has 0 unspecified atom stereocenters. The van der Waals surface area contributed by atoms with Crippen molar-refractivity contribution in [2.24, 2.45) is 0 Å². The summed E-state index contributed by atoms with van der Waals surface area (Å²) in [6.45, 7) is 3.83. The maximum absolute atomic E-state index is 11.2. The number of benzene rings is 1. The molecule has 1 nitrogen and oxygen atoms in total. The molecule has 0 saturated heterocycles. The molecule has 1 rings (SSSR count). The van der Waals surface area contributed by atoms with Crippen LogP contribution < -0.4 is 0 Å². The zero-order valence-electron chi connectivity index (χ0n) is 10.9. The van der Waals surface area contributed by atoms with Crippen LogP contribution >= 0.6 is 0 Å². The molecule has 0 bridgehead atoms. The molecule has 1 heteroatoms. The Kier molecular flexibility index (Phi) is 6.31. The summed E-state index contributed by atoms with van der Waals surface area (Å²) in [5.74, 6) is 0.138. The third kappa shape index (κ3) is 5.48. The summed E-state index contributed by atoms with van der Waals surface area (Å²) in [7, 11) is 0. The van der Waals surface area contributed by atoms with Gasteiger partial charge in [0, 0.05) is 0 Å². The molecule has 0 N–H and O–H groups in total. The average molecular weight is 230 g/mol. The summed E-state index contributed by atoms with van der Waals surface area (Å²) >= 11 is 0. The van der Waals surface area contributed by atoms with Crippen molar-refractivity contribution in [3.8, 4) is 0 Å². The monoisotopic (exact) mass is 230 g/mol. The van der Waals surface area contributed by atoms with Crippen molar-refractivity contribution in [1.82, 2.24) is 0 Å². The van der Waals surface area contributed by atoms with Crippen LogP contribution in [0.2, 0.25) is 0 Å². The van der Waals surface area contributed by atoms with Gasteiger partial charge in [-0.3, -0.25) is 4.79 Å². The minimum atomic E-state index is 0.138. The van der Waals surface area contributed by atoms with Gasteiger partial charge < -0.3 is 0 Å². The Morgan fingerprint density at radius 2 is 1.82 bits per heavy atom. The van der Waals surface area contributed by atoms with Crippen LogP contribution in [0, 0.1) is 0 Å². The van der Waals surface area contributed by atoms with Gasteiger partial charge in [-0.05, 0) is 37.0 Å². The predicted octanol–water partition coefficient (Wildman–Crippen LogP) is 4.63. The highest BCUT2D eigenvalue weighted by molar-refractivity contribution is 5.95. The number of carbonyl (C=O) groups excluding carboxylic acids is 1. The van der Waals surface area contributed by atoms with Gasteiger partial charge in [0.2, 0.25) is 0 Å². The van der Waals surface area contributed by atoms with E-state index in [-0.39, 0.29) is 5.78 Å². The summed E-state index contributed by atoms with van der Waals surface area (Å²) in [6, 6.07) is 10.2. The van der Waals surface area contributed by atoms with E-state index in [0.717, 1.165) is 6.42 Å². The van der Waals surface area contributed by atoms with Gasteiger partial charge in [-0.15, -0.1) is 0 Å². The van der Waals surface area contributed by atoms with Crippen molar-refractivity contribution in [3.63, 3.8) is 0 Å². The fourth-order valence-electron chi connectivity index (χ4n) is 1.94. The molecule has 17 heavy (non-hydrogen) atoms. The molecule has 1 aromatic rings. The van der Waals surface area contributed by atoms with E-state index >= 15 is 0 Å². The largest absolute Gasteiger partial charge is 0.295 e. The Hall–Kier alpha value is -1.37. The van der Waals surface area contributed by atoms with Crippen LogP contribution in [0.1, 0.15) is 51.5 Å². The summed E-state index contributed by atoms with van der Waals surface area (Å²) in [5, 5.41) is 0. The first-order valence-corrected chi connectivity index (χ1v) is 6.50. The molecular formula is C16H22O. The molecular weight excluding hydrogens is 208 g/mol. The van der Waals surface area contributed by atoms with Crippen LogP contribution in [-0.2, 0) is 4.79 Å². The Labute approximate surface area is 105 Å². The molecule has 0 heterocycles. The van der Waals surface area contributed by atoms with E-state index in [1.807, 2.05) is 18.2 Å². The third-order valence-electron chi connectivity index (χ3n) is 2.82. The second kappa shape index (κ2) is 7.83. The number of carbonyl (C=O) groups is 1. The van der Waals surface area contributed by atoms with Crippen LogP contribution in [0.4, 0.5) is 0 Å². The van der Waals surface area contributed by atoms with Gasteiger partial charge in [0.15, 0.2) is 5.78 Å². The molecule has 0 aromatic heterocycles.